The standard InChI is InChI=1S/C28H32N4O3/c1-19-7-4-5-8-22(19)18-29-27(33)25-12-11-20(2)30-26(25)21-13-15-32(16-14-21)28(34)31-23-9-6-10-24(17-23)35-3/h4-12,17,21H,13-16,18H2,1-3H3,(H,29,33)(H,31,34). The molecule has 3 aromatic rings. The molecule has 0 atom stereocenters. The van der Waals surface area contributed by atoms with E-state index in [0.717, 1.165) is 35.4 Å². The molecule has 0 radical (unpaired) electrons. The van der Waals surface area contributed by atoms with Crippen LogP contribution in [-0.4, -0.2) is 42.0 Å². The van der Waals surface area contributed by atoms with Crippen molar-refractivity contribution in [2.45, 2.75) is 39.2 Å². The van der Waals surface area contributed by atoms with E-state index in [9.17, 15) is 9.59 Å². The summed E-state index contributed by atoms with van der Waals surface area (Å²) in [5, 5.41) is 6.00. The Labute approximate surface area is 206 Å². The topological polar surface area (TPSA) is 83.6 Å². The normalized spacial score (nSPS) is 13.9. The summed E-state index contributed by atoms with van der Waals surface area (Å²) in [5.41, 5.74) is 5.26. The lowest BCUT2D eigenvalue weighted by Gasteiger charge is -2.32. The number of aryl methyl sites for hydroxylation is 2. The quantitative estimate of drug-likeness (QED) is 0.526. The molecule has 7 nitrogen and oxygen atoms in total. The number of hydrogen-bond acceptors (Lipinski definition) is 4. The molecule has 4 rings (SSSR count). The highest BCUT2D eigenvalue weighted by Crippen LogP contribution is 2.30. The fourth-order valence-corrected chi connectivity index (χ4v) is 4.42. The smallest absolute Gasteiger partial charge is 0.321 e. The first-order chi connectivity index (χ1) is 16.9. The maximum absolute atomic E-state index is 13.1. The predicted molar refractivity (Wildman–Crippen MR) is 137 cm³/mol. The summed E-state index contributed by atoms with van der Waals surface area (Å²) in [7, 11) is 1.60. The van der Waals surface area contributed by atoms with Gasteiger partial charge in [-0.05, 0) is 62.1 Å². The van der Waals surface area contributed by atoms with Gasteiger partial charge in [-0.3, -0.25) is 9.78 Å². The number of methoxy groups -OCH3 is 1. The van der Waals surface area contributed by atoms with Crippen LogP contribution in [0.15, 0.2) is 60.7 Å². The molecule has 1 aromatic heterocycles. The molecule has 0 bridgehead atoms. The van der Waals surface area contributed by atoms with Crippen LogP contribution >= 0.6 is 0 Å². The molecule has 0 unspecified atom stereocenters. The zero-order valence-electron chi connectivity index (χ0n) is 20.5. The van der Waals surface area contributed by atoms with Gasteiger partial charge in [0.15, 0.2) is 0 Å². The predicted octanol–water partition coefficient (Wildman–Crippen LogP) is 5.05. The average molecular weight is 473 g/mol. The maximum atomic E-state index is 13.1. The van der Waals surface area contributed by atoms with Crippen LogP contribution in [0.25, 0.3) is 0 Å². The Kier molecular flexibility index (Phi) is 7.65. The van der Waals surface area contributed by atoms with Crippen molar-refractivity contribution in [3.63, 3.8) is 0 Å². The van der Waals surface area contributed by atoms with E-state index in [1.807, 2.05) is 73.3 Å². The summed E-state index contributed by atoms with van der Waals surface area (Å²) in [5.74, 6) is 0.698. The van der Waals surface area contributed by atoms with Gasteiger partial charge >= 0.3 is 6.03 Å². The maximum Gasteiger partial charge on any atom is 0.321 e. The lowest BCUT2D eigenvalue weighted by molar-refractivity contribution is 0.0948. The number of pyridine rings is 1. The number of benzene rings is 2. The molecule has 1 fully saturated rings. The average Bonchev–Trinajstić information content (AvgIpc) is 2.88. The van der Waals surface area contributed by atoms with E-state index in [1.165, 1.54) is 0 Å². The number of nitrogens with one attached hydrogen (secondary N) is 2. The first-order valence-corrected chi connectivity index (χ1v) is 11.9. The van der Waals surface area contributed by atoms with Gasteiger partial charge < -0.3 is 20.3 Å². The third-order valence-corrected chi connectivity index (χ3v) is 6.50. The number of carbonyl (C=O) groups is 2. The fourth-order valence-electron chi connectivity index (χ4n) is 4.42. The third kappa shape index (κ3) is 5.98. The van der Waals surface area contributed by atoms with Gasteiger partial charge in [-0.25, -0.2) is 4.79 Å². The van der Waals surface area contributed by atoms with Crippen molar-refractivity contribution in [3.8, 4) is 5.75 Å². The Hall–Kier alpha value is -3.87. The molecule has 7 heteroatoms. The Morgan fingerprint density at radius 1 is 1.03 bits per heavy atom. The number of ether oxygens (including phenoxy) is 1. The van der Waals surface area contributed by atoms with Crippen LogP contribution in [0.5, 0.6) is 5.75 Å². The number of aromatic nitrogens is 1. The van der Waals surface area contributed by atoms with Crippen molar-refractivity contribution in [1.29, 1.82) is 0 Å². The largest absolute Gasteiger partial charge is 0.497 e. The van der Waals surface area contributed by atoms with Crippen molar-refractivity contribution in [2.75, 3.05) is 25.5 Å². The molecule has 1 aliphatic rings. The number of amides is 3. The van der Waals surface area contributed by atoms with Crippen LogP contribution in [0.4, 0.5) is 10.5 Å². The van der Waals surface area contributed by atoms with Gasteiger partial charge in [0, 0.05) is 43.0 Å². The molecule has 35 heavy (non-hydrogen) atoms. The van der Waals surface area contributed by atoms with Crippen LogP contribution in [0.2, 0.25) is 0 Å². The van der Waals surface area contributed by atoms with Crippen molar-refractivity contribution < 1.29 is 14.3 Å². The second kappa shape index (κ2) is 11.0. The van der Waals surface area contributed by atoms with Gasteiger partial charge in [-0.15, -0.1) is 0 Å². The van der Waals surface area contributed by atoms with Gasteiger partial charge in [0.05, 0.1) is 18.4 Å². The van der Waals surface area contributed by atoms with Gasteiger partial charge in [-0.1, -0.05) is 30.3 Å². The van der Waals surface area contributed by atoms with Gasteiger partial charge in [0.1, 0.15) is 5.75 Å². The Balaban J connectivity index is 1.40. The van der Waals surface area contributed by atoms with E-state index >= 15 is 0 Å². The molecule has 182 valence electrons. The number of anilines is 1. The number of rotatable bonds is 6. The molecule has 2 aromatic carbocycles. The summed E-state index contributed by atoms with van der Waals surface area (Å²) in [6.07, 6.45) is 1.50. The summed E-state index contributed by atoms with van der Waals surface area (Å²) < 4.78 is 5.23. The SMILES string of the molecule is COc1cccc(NC(=O)N2CCC(c3nc(C)ccc3C(=O)NCc3ccccc3C)CC2)c1. The Morgan fingerprint density at radius 2 is 1.80 bits per heavy atom. The number of urea groups is 1. The number of hydrogen-bond donors (Lipinski definition) is 2. The minimum Gasteiger partial charge on any atom is -0.497 e. The van der Waals surface area contributed by atoms with E-state index in [4.69, 9.17) is 9.72 Å². The molecular weight excluding hydrogens is 440 g/mol. The minimum absolute atomic E-state index is 0.117. The molecule has 3 amide bonds. The highest BCUT2D eigenvalue weighted by Gasteiger charge is 2.28. The molecule has 1 aliphatic heterocycles. The number of carbonyl (C=O) groups excluding carboxylic acids is 2. The van der Waals surface area contributed by atoms with Gasteiger partial charge in [0.2, 0.25) is 0 Å². The van der Waals surface area contributed by atoms with E-state index < -0.39 is 0 Å². The molecule has 2 heterocycles. The number of likely N-dealkylation sites (tertiary alicyclic amines) is 1. The highest BCUT2D eigenvalue weighted by molar-refractivity contribution is 5.95. The van der Waals surface area contributed by atoms with E-state index in [-0.39, 0.29) is 17.9 Å². The van der Waals surface area contributed by atoms with Crippen LogP contribution in [0.1, 0.15) is 51.6 Å². The van der Waals surface area contributed by atoms with E-state index in [2.05, 4.69) is 10.6 Å². The summed E-state index contributed by atoms with van der Waals surface area (Å²) in [6, 6.07) is 19.0. The molecular formula is C28H32N4O3. The molecule has 1 saturated heterocycles. The van der Waals surface area contributed by atoms with Crippen LogP contribution in [0.3, 0.4) is 0 Å². The van der Waals surface area contributed by atoms with Crippen LogP contribution < -0.4 is 15.4 Å². The lowest BCUT2D eigenvalue weighted by Crippen LogP contribution is -2.41. The zero-order chi connectivity index (χ0) is 24.8. The summed E-state index contributed by atoms with van der Waals surface area (Å²) >= 11 is 0. The summed E-state index contributed by atoms with van der Waals surface area (Å²) in [4.78, 5) is 32.4. The monoisotopic (exact) mass is 472 g/mol. The van der Waals surface area contributed by atoms with Crippen molar-refractivity contribution >= 4 is 17.6 Å². The molecule has 0 spiro atoms. The van der Waals surface area contributed by atoms with Crippen LogP contribution in [0, 0.1) is 13.8 Å². The Morgan fingerprint density at radius 3 is 2.54 bits per heavy atom. The third-order valence-electron chi connectivity index (χ3n) is 6.50. The molecule has 0 aliphatic carbocycles. The van der Waals surface area contributed by atoms with E-state index in [1.54, 1.807) is 13.2 Å². The van der Waals surface area contributed by atoms with E-state index in [0.29, 0.717) is 36.6 Å². The summed E-state index contributed by atoms with van der Waals surface area (Å²) in [6.45, 7) is 5.65. The lowest BCUT2D eigenvalue weighted by atomic mass is 9.90. The Bertz CT molecular complexity index is 1200. The highest BCUT2D eigenvalue weighted by atomic mass is 16.5. The van der Waals surface area contributed by atoms with Crippen LogP contribution in [-0.2, 0) is 6.54 Å². The molecule has 2 N–H and O–H groups in total. The van der Waals surface area contributed by atoms with Crippen molar-refractivity contribution in [3.05, 3.63) is 88.7 Å². The van der Waals surface area contributed by atoms with Crippen molar-refractivity contribution in [2.24, 2.45) is 0 Å². The second-order valence-corrected chi connectivity index (χ2v) is 8.92. The van der Waals surface area contributed by atoms with Gasteiger partial charge in [0.25, 0.3) is 5.91 Å². The zero-order valence-corrected chi connectivity index (χ0v) is 20.5. The number of nitrogens with zero attached hydrogens (tertiary/aromatic N) is 2. The van der Waals surface area contributed by atoms with Gasteiger partial charge in [-0.2, -0.15) is 0 Å². The minimum atomic E-state index is -0.134. The number of piperidine rings is 1. The fraction of sp³-hybridized carbons (Fsp3) is 0.321. The second-order valence-electron chi connectivity index (χ2n) is 8.92. The first kappa shape index (κ1) is 24.3. The van der Waals surface area contributed by atoms with Crippen molar-refractivity contribution in [1.82, 2.24) is 15.2 Å². The molecule has 0 saturated carbocycles. The first-order valence-electron chi connectivity index (χ1n) is 11.9.